The number of nitrogens with zero attached hydrogens (tertiary/aromatic N) is 4. The van der Waals surface area contributed by atoms with E-state index in [1.54, 1.807) is 0 Å². The standard InChI is InChI=1S/C25H47BN4Si/c1-8-11-14-31(15-12-9-2,16-13-10-3)20-24-18-25(21-27,22-28)17-23(24)19-26(29(4)5)30(6)7/h19,24H,8-18,20H2,1-7H3. The summed E-state index contributed by atoms with van der Waals surface area (Å²) >= 11 is 0. The molecular formula is C25H47BN4Si. The summed E-state index contributed by atoms with van der Waals surface area (Å²) in [5.74, 6) is 2.78. The Kier molecular flexibility index (Phi) is 12.1. The van der Waals surface area contributed by atoms with E-state index < -0.39 is 13.5 Å². The summed E-state index contributed by atoms with van der Waals surface area (Å²) < 4.78 is 0. The largest absolute Gasteiger partial charge is 0.337 e. The molecule has 0 aliphatic heterocycles. The minimum Gasteiger partial charge on any atom is -0.330 e. The number of unbranched alkanes of at least 4 members (excludes halogenated alkanes) is 3. The van der Waals surface area contributed by atoms with E-state index in [-0.39, 0.29) is 6.98 Å². The zero-order valence-electron chi connectivity index (χ0n) is 21.5. The molecule has 1 fully saturated rings. The molecule has 0 aromatic carbocycles. The Morgan fingerprint density at radius 1 is 0.935 bits per heavy atom. The molecule has 31 heavy (non-hydrogen) atoms. The van der Waals surface area contributed by atoms with Crippen LogP contribution in [0.5, 0.6) is 0 Å². The van der Waals surface area contributed by atoms with E-state index in [1.807, 2.05) is 0 Å². The van der Waals surface area contributed by atoms with Gasteiger partial charge in [-0.1, -0.05) is 95.0 Å². The van der Waals surface area contributed by atoms with Crippen LogP contribution in [0.1, 0.15) is 72.1 Å². The maximum absolute atomic E-state index is 9.92. The first-order valence-corrected chi connectivity index (χ1v) is 15.4. The SMILES string of the molecule is CCCC[Si](CCCC)(CCCC)CC1CC(C#N)(C#N)CC1=CB(N(C)C)N(C)C. The van der Waals surface area contributed by atoms with Gasteiger partial charge in [-0.2, -0.15) is 10.5 Å². The Bertz CT molecular complexity index is 603. The van der Waals surface area contributed by atoms with E-state index in [4.69, 9.17) is 0 Å². The van der Waals surface area contributed by atoms with Crippen molar-refractivity contribution in [1.82, 2.24) is 9.62 Å². The fourth-order valence-electron chi connectivity index (χ4n) is 5.52. The van der Waals surface area contributed by atoms with E-state index in [0.29, 0.717) is 12.3 Å². The Labute approximate surface area is 194 Å². The van der Waals surface area contributed by atoms with Gasteiger partial charge < -0.3 is 9.62 Å². The molecular weight excluding hydrogens is 395 g/mol. The minimum absolute atomic E-state index is 0.198. The summed E-state index contributed by atoms with van der Waals surface area (Å²) in [7, 11) is 6.98. The molecule has 0 amide bonds. The van der Waals surface area contributed by atoms with Gasteiger partial charge in [-0.05, 0) is 47.0 Å². The monoisotopic (exact) mass is 442 g/mol. The number of hydrogen-bond donors (Lipinski definition) is 0. The van der Waals surface area contributed by atoms with E-state index >= 15 is 0 Å². The van der Waals surface area contributed by atoms with Crippen molar-refractivity contribution < 1.29 is 0 Å². The quantitative estimate of drug-likeness (QED) is 0.294. The van der Waals surface area contributed by atoms with Crippen molar-refractivity contribution in [1.29, 1.82) is 10.5 Å². The molecule has 4 nitrogen and oxygen atoms in total. The van der Waals surface area contributed by atoms with E-state index in [9.17, 15) is 10.5 Å². The molecule has 0 heterocycles. The number of hydrogen-bond acceptors (Lipinski definition) is 4. The van der Waals surface area contributed by atoms with Gasteiger partial charge in [-0.25, -0.2) is 0 Å². The number of rotatable bonds is 14. The average Bonchev–Trinajstić information content (AvgIpc) is 3.10. The van der Waals surface area contributed by atoms with Crippen LogP contribution in [-0.2, 0) is 0 Å². The summed E-state index contributed by atoms with van der Waals surface area (Å²) in [6, 6.07) is 10.4. The van der Waals surface area contributed by atoms with Crippen molar-refractivity contribution >= 4 is 15.1 Å². The molecule has 0 N–H and O–H groups in total. The second-order valence-corrected chi connectivity index (χ2v) is 15.4. The molecule has 0 aromatic rings. The second kappa shape index (κ2) is 13.5. The van der Waals surface area contributed by atoms with Crippen LogP contribution in [0.3, 0.4) is 0 Å². The van der Waals surface area contributed by atoms with Crippen LogP contribution in [0.2, 0.25) is 24.2 Å². The van der Waals surface area contributed by atoms with Gasteiger partial charge >= 0.3 is 6.98 Å². The van der Waals surface area contributed by atoms with Gasteiger partial charge in [0.1, 0.15) is 5.41 Å². The normalized spacial score (nSPS) is 19.7. The first-order valence-electron chi connectivity index (χ1n) is 12.6. The predicted octanol–water partition coefficient (Wildman–Crippen LogP) is 6.36. The van der Waals surface area contributed by atoms with Gasteiger partial charge in [-0.15, -0.1) is 0 Å². The molecule has 6 heteroatoms. The van der Waals surface area contributed by atoms with Gasteiger partial charge in [0, 0.05) is 0 Å². The van der Waals surface area contributed by atoms with Gasteiger partial charge in [0.05, 0.1) is 20.2 Å². The fraction of sp³-hybridized carbons (Fsp3) is 0.840. The van der Waals surface area contributed by atoms with Crippen LogP contribution in [0.4, 0.5) is 0 Å². The lowest BCUT2D eigenvalue weighted by Gasteiger charge is -2.36. The van der Waals surface area contributed by atoms with Crippen LogP contribution in [-0.4, -0.2) is 52.9 Å². The highest BCUT2D eigenvalue weighted by Gasteiger charge is 2.46. The first kappa shape index (κ1) is 28.0. The lowest BCUT2D eigenvalue weighted by atomic mass is 9.70. The van der Waals surface area contributed by atoms with Gasteiger partial charge in [0.2, 0.25) is 0 Å². The van der Waals surface area contributed by atoms with E-state index in [1.165, 1.54) is 68.3 Å². The molecule has 0 spiro atoms. The third-order valence-corrected chi connectivity index (χ3v) is 12.9. The van der Waals surface area contributed by atoms with Crippen LogP contribution in [0, 0.1) is 34.0 Å². The van der Waals surface area contributed by atoms with Crippen molar-refractivity contribution in [2.75, 3.05) is 28.2 Å². The number of nitriles is 2. The Morgan fingerprint density at radius 2 is 1.39 bits per heavy atom. The smallest absolute Gasteiger partial charge is 0.330 e. The van der Waals surface area contributed by atoms with Crippen molar-refractivity contribution in [2.45, 2.75) is 96.3 Å². The second-order valence-electron chi connectivity index (χ2n) is 10.5. The average molecular weight is 443 g/mol. The molecule has 1 aliphatic carbocycles. The van der Waals surface area contributed by atoms with Gasteiger partial charge in [-0.3, -0.25) is 0 Å². The molecule has 0 radical (unpaired) electrons. The minimum atomic E-state index is -1.45. The maximum Gasteiger partial charge on any atom is 0.337 e. The molecule has 0 aromatic heterocycles. The molecule has 1 saturated carbocycles. The third-order valence-electron chi connectivity index (χ3n) is 7.34. The maximum atomic E-state index is 9.92. The highest BCUT2D eigenvalue weighted by Crippen LogP contribution is 2.50. The molecule has 0 saturated heterocycles. The lowest BCUT2D eigenvalue weighted by molar-refractivity contribution is 0.506. The third kappa shape index (κ3) is 8.08. The Morgan fingerprint density at radius 3 is 1.74 bits per heavy atom. The summed E-state index contributed by atoms with van der Waals surface area (Å²) in [4.78, 5) is 4.44. The van der Waals surface area contributed by atoms with E-state index in [0.717, 1.165) is 6.42 Å². The van der Waals surface area contributed by atoms with Crippen LogP contribution in [0.15, 0.2) is 11.5 Å². The summed E-state index contributed by atoms with van der Waals surface area (Å²) in [6.45, 7) is 7.14. The van der Waals surface area contributed by atoms with Crippen molar-refractivity contribution in [2.24, 2.45) is 11.3 Å². The summed E-state index contributed by atoms with van der Waals surface area (Å²) in [5.41, 5.74) is 0.539. The lowest BCUT2D eigenvalue weighted by Crippen LogP contribution is -2.44. The highest BCUT2D eigenvalue weighted by atomic mass is 28.3. The molecule has 1 rings (SSSR count). The Balaban J connectivity index is 3.35. The zero-order valence-corrected chi connectivity index (χ0v) is 22.5. The molecule has 0 bridgehead atoms. The van der Waals surface area contributed by atoms with Crippen molar-refractivity contribution in [3.63, 3.8) is 0 Å². The van der Waals surface area contributed by atoms with E-state index in [2.05, 4.69) is 76.7 Å². The van der Waals surface area contributed by atoms with Crippen LogP contribution < -0.4 is 0 Å². The van der Waals surface area contributed by atoms with Crippen LogP contribution >= 0.6 is 0 Å². The van der Waals surface area contributed by atoms with Crippen molar-refractivity contribution in [3.8, 4) is 12.1 Å². The van der Waals surface area contributed by atoms with Gasteiger partial charge in [0.15, 0.2) is 0 Å². The molecule has 174 valence electrons. The molecule has 1 aliphatic rings. The first-order chi connectivity index (χ1) is 14.7. The number of allylic oxidation sites excluding steroid dienone is 1. The highest BCUT2D eigenvalue weighted by molar-refractivity contribution is 6.80. The van der Waals surface area contributed by atoms with Crippen molar-refractivity contribution in [3.05, 3.63) is 11.5 Å². The topological polar surface area (TPSA) is 54.1 Å². The summed E-state index contributed by atoms with van der Waals surface area (Å²) in [6.07, 6.45) is 9.18. The van der Waals surface area contributed by atoms with Crippen LogP contribution in [0.25, 0.3) is 0 Å². The van der Waals surface area contributed by atoms with Gasteiger partial charge in [0.25, 0.3) is 0 Å². The Hall–Kier alpha value is -1.08. The molecule has 1 atom stereocenters. The summed E-state index contributed by atoms with van der Waals surface area (Å²) in [5, 5.41) is 19.8. The molecule has 1 unspecified atom stereocenters. The fourth-order valence-corrected chi connectivity index (χ4v) is 11.6. The predicted molar refractivity (Wildman–Crippen MR) is 137 cm³/mol. The zero-order chi connectivity index (χ0) is 23.5.